The fourth-order valence-corrected chi connectivity index (χ4v) is 3.31. The highest BCUT2D eigenvalue weighted by molar-refractivity contribution is 7.87. The van der Waals surface area contributed by atoms with Crippen LogP contribution in [0.4, 0.5) is 11.4 Å². The summed E-state index contributed by atoms with van der Waals surface area (Å²) in [6.07, 6.45) is 5.80. The van der Waals surface area contributed by atoms with Crippen molar-refractivity contribution in [1.29, 1.82) is 0 Å². The van der Waals surface area contributed by atoms with Gasteiger partial charge < -0.3 is 0 Å². The summed E-state index contributed by atoms with van der Waals surface area (Å²) in [6.45, 7) is 0. The van der Waals surface area contributed by atoms with Crippen LogP contribution < -0.4 is 9.79 Å². The first-order valence-corrected chi connectivity index (χ1v) is 9.12. The first-order valence-electron chi connectivity index (χ1n) is 7.72. The van der Waals surface area contributed by atoms with Crippen LogP contribution in [-0.2, 0) is 15.1 Å². The smallest absolute Gasteiger partial charge is 0.288 e. The van der Waals surface area contributed by atoms with E-state index in [0.717, 1.165) is 21.2 Å². The molecule has 0 fully saturated rings. The molecule has 0 aliphatic heterocycles. The predicted molar refractivity (Wildman–Crippen MR) is 101 cm³/mol. The van der Waals surface area contributed by atoms with Gasteiger partial charge in [0.05, 0.1) is 11.4 Å². The lowest BCUT2D eigenvalue weighted by atomic mass is 10.1. The SMILES string of the molecule is O=C(/C=C/c1ccc(N(c2ccc3cnccc3c2)S(=O)(=O)O)cc1)NO. The Morgan fingerprint density at radius 1 is 1.04 bits per heavy atom. The molecule has 3 aromatic rings. The molecular formula is C18H15N3O5S. The number of carbonyl (C=O) groups is 1. The molecule has 0 unspecified atom stereocenters. The zero-order valence-corrected chi connectivity index (χ0v) is 14.7. The zero-order valence-electron chi connectivity index (χ0n) is 13.9. The summed E-state index contributed by atoms with van der Waals surface area (Å²) in [5.41, 5.74) is 2.55. The van der Waals surface area contributed by atoms with Crippen molar-refractivity contribution < 1.29 is 23.0 Å². The van der Waals surface area contributed by atoms with Crippen LogP contribution in [0.5, 0.6) is 0 Å². The molecule has 27 heavy (non-hydrogen) atoms. The number of pyridine rings is 1. The summed E-state index contributed by atoms with van der Waals surface area (Å²) >= 11 is 0. The van der Waals surface area contributed by atoms with Crippen molar-refractivity contribution in [3.05, 3.63) is 72.6 Å². The standard InChI is InChI=1S/C18H15N3O5S/c22-18(20-23)8-3-13-1-5-16(6-2-13)21(27(24,25)26)17-7-4-15-12-19-10-9-14(15)11-17/h1-12,23H,(H,20,22)(H,24,25,26)/b8-3+. The molecule has 0 saturated heterocycles. The number of amides is 1. The van der Waals surface area contributed by atoms with Gasteiger partial charge in [0.25, 0.3) is 5.91 Å². The van der Waals surface area contributed by atoms with Crippen molar-refractivity contribution in [2.45, 2.75) is 0 Å². The molecular weight excluding hydrogens is 370 g/mol. The van der Waals surface area contributed by atoms with E-state index in [1.54, 1.807) is 48.8 Å². The van der Waals surface area contributed by atoms with E-state index in [9.17, 15) is 17.8 Å². The lowest BCUT2D eigenvalue weighted by Gasteiger charge is -2.21. The van der Waals surface area contributed by atoms with Crippen LogP contribution in [0.2, 0.25) is 0 Å². The zero-order chi connectivity index (χ0) is 19.4. The van der Waals surface area contributed by atoms with Gasteiger partial charge in [0.2, 0.25) is 0 Å². The quantitative estimate of drug-likeness (QED) is 0.269. The van der Waals surface area contributed by atoms with E-state index in [1.807, 2.05) is 0 Å². The molecule has 0 bridgehead atoms. The summed E-state index contributed by atoms with van der Waals surface area (Å²) in [7, 11) is -4.58. The molecule has 0 aliphatic rings. The van der Waals surface area contributed by atoms with Crippen LogP contribution in [0, 0.1) is 0 Å². The Bertz CT molecular complexity index is 1110. The molecule has 3 N–H and O–H groups in total. The van der Waals surface area contributed by atoms with Crippen LogP contribution in [-0.4, -0.2) is 29.1 Å². The van der Waals surface area contributed by atoms with E-state index in [0.29, 0.717) is 5.56 Å². The highest BCUT2D eigenvalue weighted by atomic mass is 32.2. The maximum Gasteiger partial charge on any atom is 0.364 e. The number of nitrogens with zero attached hydrogens (tertiary/aromatic N) is 2. The Balaban J connectivity index is 2.00. The molecule has 0 radical (unpaired) electrons. The predicted octanol–water partition coefficient (Wildman–Crippen LogP) is 2.69. The number of rotatable bonds is 5. The minimum absolute atomic E-state index is 0.217. The van der Waals surface area contributed by atoms with E-state index < -0.39 is 16.2 Å². The van der Waals surface area contributed by atoms with Crippen LogP contribution in [0.1, 0.15) is 5.56 Å². The summed E-state index contributed by atoms with van der Waals surface area (Å²) in [5.74, 6) is -0.690. The fourth-order valence-electron chi connectivity index (χ4n) is 2.54. The molecule has 1 aromatic heterocycles. The van der Waals surface area contributed by atoms with Gasteiger partial charge >= 0.3 is 10.3 Å². The van der Waals surface area contributed by atoms with Crippen molar-refractivity contribution >= 4 is 44.4 Å². The van der Waals surface area contributed by atoms with Crippen molar-refractivity contribution in [1.82, 2.24) is 10.5 Å². The third-order valence-electron chi connectivity index (χ3n) is 3.75. The van der Waals surface area contributed by atoms with E-state index in [4.69, 9.17) is 5.21 Å². The molecule has 1 amide bonds. The molecule has 0 aliphatic carbocycles. The van der Waals surface area contributed by atoms with Gasteiger partial charge in [0.1, 0.15) is 0 Å². The van der Waals surface area contributed by atoms with Gasteiger partial charge in [-0.25, -0.2) is 9.79 Å². The highest BCUT2D eigenvalue weighted by Gasteiger charge is 2.22. The van der Waals surface area contributed by atoms with Crippen LogP contribution >= 0.6 is 0 Å². The molecule has 9 heteroatoms. The number of fused-ring (bicyclic) bond motifs is 1. The summed E-state index contributed by atoms with van der Waals surface area (Å²) < 4.78 is 34.5. The van der Waals surface area contributed by atoms with Gasteiger partial charge in [-0.1, -0.05) is 18.2 Å². The average molecular weight is 385 g/mol. The second kappa shape index (κ2) is 7.54. The number of hydroxylamine groups is 1. The summed E-state index contributed by atoms with van der Waals surface area (Å²) in [5, 5.41) is 10.1. The minimum Gasteiger partial charge on any atom is -0.288 e. The summed E-state index contributed by atoms with van der Waals surface area (Å²) in [6, 6.07) is 12.8. The van der Waals surface area contributed by atoms with Crippen molar-refractivity contribution in [3.63, 3.8) is 0 Å². The maximum absolute atomic E-state index is 12.0. The van der Waals surface area contributed by atoms with Crippen LogP contribution in [0.25, 0.3) is 16.8 Å². The molecule has 3 rings (SSSR count). The molecule has 0 atom stereocenters. The number of carbonyl (C=O) groups excluding carboxylic acids is 1. The summed E-state index contributed by atoms with van der Waals surface area (Å²) in [4.78, 5) is 15.0. The number of hydrogen-bond donors (Lipinski definition) is 3. The maximum atomic E-state index is 12.0. The van der Waals surface area contributed by atoms with Crippen LogP contribution in [0.3, 0.4) is 0 Å². The molecule has 138 valence electrons. The van der Waals surface area contributed by atoms with Gasteiger partial charge in [0.15, 0.2) is 0 Å². The molecule has 1 heterocycles. The molecule has 0 spiro atoms. The van der Waals surface area contributed by atoms with Gasteiger partial charge in [0, 0.05) is 23.9 Å². The van der Waals surface area contributed by atoms with Crippen molar-refractivity contribution in [3.8, 4) is 0 Å². The lowest BCUT2D eigenvalue weighted by molar-refractivity contribution is -0.124. The fraction of sp³-hybridized carbons (Fsp3) is 0. The lowest BCUT2D eigenvalue weighted by Crippen LogP contribution is -2.25. The van der Waals surface area contributed by atoms with E-state index >= 15 is 0 Å². The molecule has 0 saturated carbocycles. The number of hydrogen-bond acceptors (Lipinski definition) is 5. The minimum atomic E-state index is -4.58. The third-order valence-corrected chi connectivity index (χ3v) is 4.64. The first kappa shape index (κ1) is 18.5. The van der Waals surface area contributed by atoms with Crippen LogP contribution in [0.15, 0.2) is 67.0 Å². The van der Waals surface area contributed by atoms with E-state index in [-0.39, 0.29) is 11.4 Å². The average Bonchev–Trinajstić information content (AvgIpc) is 2.66. The van der Waals surface area contributed by atoms with E-state index in [2.05, 4.69) is 4.98 Å². The van der Waals surface area contributed by atoms with Gasteiger partial charge in [-0.15, -0.1) is 0 Å². The Morgan fingerprint density at radius 3 is 2.41 bits per heavy atom. The Morgan fingerprint density at radius 2 is 1.74 bits per heavy atom. The second-order valence-electron chi connectivity index (χ2n) is 5.55. The number of nitrogens with one attached hydrogen (secondary N) is 1. The Hall–Kier alpha value is -3.27. The third kappa shape index (κ3) is 4.29. The normalized spacial score (nSPS) is 11.6. The molecule has 8 nitrogen and oxygen atoms in total. The Kier molecular flexibility index (Phi) is 5.17. The van der Waals surface area contributed by atoms with Gasteiger partial charge in [-0.2, -0.15) is 8.42 Å². The Labute approximate surface area is 155 Å². The highest BCUT2D eigenvalue weighted by Crippen LogP contribution is 2.31. The van der Waals surface area contributed by atoms with E-state index in [1.165, 1.54) is 23.7 Å². The topological polar surface area (TPSA) is 120 Å². The monoisotopic (exact) mass is 385 g/mol. The van der Waals surface area contributed by atoms with Crippen molar-refractivity contribution in [2.75, 3.05) is 4.31 Å². The number of benzene rings is 2. The number of aromatic nitrogens is 1. The van der Waals surface area contributed by atoms with Gasteiger partial charge in [-0.05, 0) is 47.4 Å². The van der Waals surface area contributed by atoms with Gasteiger partial charge in [-0.3, -0.25) is 19.5 Å². The number of anilines is 2. The second-order valence-corrected chi connectivity index (χ2v) is 6.81. The first-order chi connectivity index (χ1) is 12.9. The molecule has 2 aromatic carbocycles. The van der Waals surface area contributed by atoms with Crippen molar-refractivity contribution in [2.24, 2.45) is 0 Å². The largest absolute Gasteiger partial charge is 0.364 e.